The Hall–Kier alpha value is -1.13. The number of ether oxygens (including phenoxy) is 1. The van der Waals surface area contributed by atoms with Gasteiger partial charge < -0.3 is 14.3 Å². The molecular formula is C13H16N2OS. The molecule has 1 saturated heterocycles. The number of aryl methyl sites for hydroxylation is 1. The molecule has 3 nitrogen and oxygen atoms in total. The number of imidazole rings is 1. The second-order valence-electron chi connectivity index (χ2n) is 4.74. The van der Waals surface area contributed by atoms with E-state index in [9.17, 15) is 0 Å². The summed E-state index contributed by atoms with van der Waals surface area (Å²) in [7, 11) is 0. The highest BCUT2D eigenvalue weighted by atomic mass is 32.1. The lowest BCUT2D eigenvalue weighted by Gasteiger charge is -2.09. The van der Waals surface area contributed by atoms with Gasteiger partial charge in [0, 0.05) is 19.1 Å². The van der Waals surface area contributed by atoms with Gasteiger partial charge in [0.1, 0.15) is 0 Å². The van der Waals surface area contributed by atoms with Gasteiger partial charge in [-0.05, 0) is 37.2 Å². The zero-order valence-corrected chi connectivity index (χ0v) is 10.7. The first-order valence-corrected chi connectivity index (χ1v) is 6.42. The number of hydrogen-bond acceptors (Lipinski definition) is 2. The van der Waals surface area contributed by atoms with Crippen LogP contribution in [-0.4, -0.2) is 22.8 Å². The molecule has 2 heterocycles. The Morgan fingerprint density at radius 1 is 1.53 bits per heavy atom. The van der Waals surface area contributed by atoms with Crippen molar-refractivity contribution < 1.29 is 4.74 Å². The number of rotatable bonds is 2. The molecule has 0 radical (unpaired) electrons. The Morgan fingerprint density at radius 2 is 2.41 bits per heavy atom. The van der Waals surface area contributed by atoms with E-state index in [4.69, 9.17) is 17.0 Å². The number of benzene rings is 1. The maximum absolute atomic E-state index is 5.42. The summed E-state index contributed by atoms with van der Waals surface area (Å²) in [5.74, 6) is 0.598. The Balaban J connectivity index is 2.06. The van der Waals surface area contributed by atoms with Crippen molar-refractivity contribution in [3.05, 3.63) is 28.5 Å². The normalized spacial score (nSPS) is 20.2. The molecule has 0 bridgehead atoms. The second-order valence-corrected chi connectivity index (χ2v) is 5.13. The molecule has 0 aliphatic carbocycles. The zero-order valence-electron chi connectivity index (χ0n) is 9.90. The van der Waals surface area contributed by atoms with E-state index in [1.54, 1.807) is 0 Å². The molecule has 17 heavy (non-hydrogen) atoms. The lowest BCUT2D eigenvalue weighted by molar-refractivity contribution is 0.182. The van der Waals surface area contributed by atoms with Crippen molar-refractivity contribution in [2.75, 3.05) is 13.2 Å². The fraction of sp³-hybridized carbons (Fsp3) is 0.462. The average molecular weight is 248 g/mol. The number of para-hydroxylation sites is 1. The molecule has 1 fully saturated rings. The van der Waals surface area contributed by atoms with E-state index >= 15 is 0 Å². The van der Waals surface area contributed by atoms with Gasteiger partial charge in [-0.15, -0.1) is 0 Å². The summed E-state index contributed by atoms with van der Waals surface area (Å²) in [5.41, 5.74) is 3.62. The van der Waals surface area contributed by atoms with Crippen molar-refractivity contribution >= 4 is 23.3 Å². The molecule has 1 aromatic heterocycles. The third-order valence-corrected chi connectivity index (χ3v) is 3.81. The maximum Gasteiger partial charge on any atom is 0.178 e. The highest BCUT2D eigenvalue weighted by Gasteiger charge is 2.17. The Morgan fingerprint density at radius 3 is 3.18 bits per heavy atom. The van der Waals surface area contributed by atoms with Crippen LogP contribution in [0.15, 0.2) is 18.2 Å². The molecule has 1 atom stereocenters. The monoisotopic (exact) mass is 248 g/mol. The average Bonchev–Trinajstić information content (AvgIpc) is 2.91. The Bertz CT molecular complexity index is 593. The van der Waals surface area contributed by atoms with Gasteiger partial charge in [0.15, 0.2) is 4.77 Å². The molecule has 1 N–H and O–H groups in total. The van der Waals surface area contributed by atoms with Gasteiger partial charge in [-0.3, -0.25) is 0 Å². The van der Waals surface area contributed by atoms with Crippen molar-refractivity contribution in [3.8, 4) is 0 Å². The van der Waals surface area contributed by atoms with E-state index in [0.717, 1.165) is 36.5 Å². The largest absolute Gasteiger partial charge is 0.381 e. The number of aromatic nitrogens is 2. The summed E-state index contributed by atoms with van der Waals surface area (Å²) in [6.45, 7) is 4.82. The molecular weight excluding hydrogens is 232 g/mol. The summed E-state index contributed by atoms with van der Waals surface area (Å²) >= 11 is 5.41. The van der Waals surface area contributed by atoms with Crippen molar-refractivity contribution in [3.63, 3.8) is 0 Å². The number of hydrogen-bond donors (Lipinski definition) is 1. The van der Waals surface area contributed by atoms with Gasteiger partial charge in [0.25, 0.3) is 0 Å². The van der Waals surface area contributed by atoms with Gasteiger partial charge in [-0.2, -0.15) is 0 Å². The van der Waals surface area contributed by atoms with Crippen LogP contribution in [0.5, 0.6) is 0 Å². The van der Waals surface area contributed by atoms with Crippen molar-refractivity contribution in [1.29, 1.82) is 0 Å². The third-order valence-electron chi connectivity index (χ3n) is 3.48. The van der Waals surface area contributed by atoms with Gasteiger partial charge >= 0.3 is 0 Å². The quantitative estimate of drug-likeness (QED) is 0.828. The number of nitrogens with one attached hydrogen (secondary N) is 1. The number of fused-ring (bicyclic) bond motifs is 1. The van der Waals surface area contributed by atoms with E-state index in [1.165, 1.54) is 11.1 Å². The SMILES string of the molecule is Cc1cccc2c1[nH]c(=S)n2CC1CCOC1. The Kier molecular flexibility index (Phi) is 2.76. The van der Waals surface area contributed by atoms with Gasteiger partial charge in [-0.25, -0.2) is 0 Å². The van der Waals surface area contributed by atoms with Crippen LogP contribution in [0.3, 0.4) is 0 Å². The standard InChI is InChI=1S/C13H16N2OS/c1-9-3-2-4-11-12(9)14-13(17)15(11)7-10-5-6-16-8-10/h2-4,10H,5-8H2,1H3,(H,14,17). The van der Waals surface area contributed by atoms with Crippen LogP contribution in [-0.2, 0) is 11.3 Å². The van der Waals surface area contributed by atoms with Crippen LogP contribution >= 0.6 is 12.2 Å². The van der Waals surface area contributed by atoms with Crippen LogP contribution in [0.2, 0.25) is 0 Å². The molecule has 2 aromatic rings. The molecule has 3 rings (SSSR count). The van der Waals surface area contributed by atoms with E-state index in [0.29, 0.717) is 5.92 Å². The Labute approximate surface area is 105 Å². The maximum atomic E-state index is 5.42. The fourth-order valence-electron chi connectivity index (χ4n) is 2.49. The van der Waals surface area contributed by atoms with Crippen LogP contribution in [0.4, 0.5) is 0 Å². The minimum Gasteiger partial charge on any atom is -0.381 e. The van der Waals surface area contributed by atoms with Crippen LogP contribution in [0.1, 0.15) is 12.0 Å². The molecule has 90 valence electrons. The smallest absolute Gasteiger partial charge is 0.178 e. The van der Waals surface area contributed by atoms with E-state index in [-0.39, 0.29) is 0 Å². The first-order chi connectivity index (χ1) is 8.25. The predicted octanol–water partition coefficient (Wildman–Crippen LogP) is 3.04. The number of nitrogens with zero attached hydrogens (tertiary/aromatic N) is 1. The van der Waals surface area contributed by atoms with E-state index in [1.807, 2.05) is 0 Å². The summed E-state index contributed by atoms with van der Waals surface area (Å²) in [6, 6.07) is 6.32. The molecule has 1 aromatic carbocycles. The van der Waals surface area contributed by atoms with E-state index in [2.05, 4.69) is 34.7 Å². The first-order valence-electron chi connectivity index (χ1n) is 6.01. The minimum atomic E-state index is 0.598. The molecule has 1 aliphatic heterocycles. The predicted molar refractivity (Wildman–Crippen MR) is 70.8 cm³/mol. The fourth-order valence-corrected chi connectivity index (χ4v) is 2.77. The molecule has 1 aliphatic rings. The molecule has 4 heteroatoms. The molecule has 0 spiro atoms. The van der Waals surface area contributed by atoms with Crippen molar-refractivity contribution in [2.24, 2.45) is 5.92 Å². The lowest BCUT2D eigenvalue weighted by Crippen LogP contribution is -2.10. The summed E-state index contributed by atoms with van der Waals surface area (Å²) in [6.07, 6.45) is 1.14. The highest BCUT2D eigenvalue weighted by molar-refractivity contribution is 7.71. The van der Waals surface area contributed by atoms with Crippen LogP contribution in [0, 0.1) is 17.6 Å². The van der Waals surface area contributed by atoms with Crippen LogP contribution < -0.4 is 0 Å². The molecule has 0 amide bonds. The molecule has 1 unspecified atom stereocenters. The number of aromatic amines is 1. The lowest BCUT2D eigenvalue weighted by atomic mass is 10.1. The topological polar surface area (TPSA) is 29.9 Å². The minimum absolute atomic E-state index is 0.598. The molecule has 0 saturated carbocycles. The summed E-state index contributed by atoms with van der Waals surface area (Å²) in [4.78, 5) is 3.31. The van der Waals surface area contributed by atoms with Gasteiger partial charge in [-0.1, -0.05) is 12.1 Å². The van der Waals surface area contributed by atoms with Gasteiger partial charge in [0.05, 0.1) is 17.6 Å². The van der Waals surface area contributed by atoms with E-state index < -0.39 is 0 Å². The van der Waals surface area contributed by atoms with Gasteiger partial charge in [0.2, 0.25) is 0 Å². The first kappa shape index (κ1) is 11.0. The second kappa shape index (κ2) is 4.27. The van der Waals surface area contributed by atoms with Crippen molar-refractivity contribution in [1.82, 2.24) is 9.55 Å². The summed E-state index contributed by atoms with van der Waals surface area (Å²) in [5, 5.41) is 0. The highest BCUT2D eigenvalue weighted by Crippen LogP contribution is 2.21. The van der Waals surface area contributed by atoms with Crippen LogP contribution in [0.25, 0.3) is 11.0 Å². The zero-order chi connectivity index (χ0) is 11.8. The summed E-state index contributed by atoms with van der Waals surface area (Å²) < 4.78 is 8.45. The van der Waals surface area contributed by atoms with Crippen molar-refractivity contribution in [2.45, 2.75) is 19.9 Å². The number of H-pyrrole nitrogens is 1. The third kappa shape index (κ3) is 1.91.